The smallest absolute Gasteiger partial charge is 0.384 e. The predicted molar refractivity (Wildman–Crippen MR) is 111 cm³/mol. The second-order valence-electron chi connectivity index (χ2n) is 6.92. The van der Waals surface area contributed by atoms with Crippen molar-refractivity contribution < 1.29 is 5.21 Å². The van der Waals surface area contributed by atoms with Gasteiger partial charge in [-0.25, -0.2) is 9.78 Å². The van der Waals surface area contributed by atoms with Gasteiger partial charge in [-0.1, -0.05) is 24.3 Å². The lowest BCUT2D eigenvalue weighted by molar-refractivity contribution is 0.182. The molecule has 0 fully saturated rings. The molecule has 0 unspecified atom stereocenters. The highest BCUT2D eigenvalue weighted by Gasteiger charge is 2.11. The van der Waals surface area contributed by atoms with Gasteiger partial charge < -0.3 is 15.4 Å². The molecule has 29 heavy (non-hydrogen) atoms. The monoisotopic (exact) mass is 388 g/mol. The number of hydrogen-bond acceptors (Lipinski definition) is 7. The van der Waals surface area contributed by atoms with Crippen LogP contribution in [-0.4, -0.2) is 43.9 Å². The van der Waals surface area contributed by atoms with Crippen molar-refractivity contribution in [1.82, 2.24) is 24.6 Å². The molecule has 1 aromatic carbocycles. The molecule has 8 heteroatoms. The maximum atomic E-state index is 11.9. The first kappa shape index (κ1) is 18.6. The summed E-state index contributed by atoms with van der Waals surface area (Å²) in [6.45, 7) is 0.888. The van der Waals surface area contributed by atoms with Crippen molar-refractivity contribution in [1.29, 1.82) is 0 Å². The Hall–Kier alpha value is -3.78. The van der Waals surface area contributed by atoms with Crippen LogP contribution in [0.2, 0.25) is 0 Å². The van der Waals surface area contributed by atoms with E-state index < -0.39 is 5.69 Å². The highest BCUT2D eigenvalue weighted by atomic mass is 16.5. The zero-order valence-corrected chi connectivity index (χ0v) is 16.1. The molecule has 0 aliphatic heterocycles. The Balaban J connectivity index is 1.59. The predicted octanol–water partition coefficient (Wildman–Crippen LogP) is 2.90. The molecule has 4 rings (SSSR count). The van der Waals surface area contributed by atoms with E-state index in [1.807, 2.05) is 26.2 Å². The van der Waals surface area contributed by atoms with Crippen LogP contribution in [-0.2, 0) is 6.54 Å². The van der Waals surface area contributed by atoms with E-state index in [-0.39, 0.29) is 5.65 Å². The van der Waals surface area contributed by atoms with Gasteiger partial charge in [0.05, 0.1) is 23.0 Å². The summed E-state index contributed by atoms with van der Waals surface area (Å²) in [4.78, 5) is 26.4. The Kier molecular flexibility index (Phi) is 4.92. The van der Waals surface area contributed by atoms with Crippen LogP contribution >= 0.6 is 0 Å². The molecule has 8 nitrogen and oxygen atoms in total. The van der Waals surface area contributed by atoms with Crippen molar-refractivity contribution in [3.8, 4) is 11.3 Å². The van der Waals surface area contributed by atoms with Crippen LogP contribution in [0.15, 0.2) is 65.7 Å². The van der Waals surface area contributed by atoms with Gasteiger partial charge in [0.25, 0.3) is 0 Å². The number of nitrogens with one attached hydrogen (secondary N) is 1. The molecule has 2 N–H and O–H groups in total. The van der Waals surface area contributed by atoms with E-state index in [0.717, 1.165) is 17.8 Å². The second-order valence-corrected chi connectivity index (χ2v) is 6.92. The minimum absolute atomic E-state index is 0.136. The lowest BCUT2D eigenvalue weighted by atomic mass is 10.1. The first-order valence-corrected chi connectivity index (χ1v) is 9.05. The van der Waals surface area contributed by atoms with E-state index >= 15 is 0 Å². The van der Waals surface area contributed by atoms with E-state index in [9.17, 15) is 10.0 Å². The van der Waals surface area contributed by atoms with Crippen LogP contribution in [0.1, 0.15) is 5.56 Å². The normalized spacial score (nSPS) is 11.1. The summed E-state index contributed by atoms with van der Waals surface area (Å²) >= 11 is 0. The van der Waals surface area contributed by atoms with Crippen LogP contribution in [0.4, 0.5) is 11.5 Å². The highest BCUT2D eigenvalue weighted by Crippen LogP contribution is 2.23. The molecular weight excluding hydrogens is 368 g/mol. The fraction of sp³-hybridized carbons (Fsp3) is 0.143. The van der Waals surface area contributed by atoms with Gasteiger partial charge >= 0.3 is 5.69 Å². The average molecular weight is 388 g/mol. The SMILES string of the molecule is CN(C)Cc1ccc(-c2ccc(Nc3nc(=O)n(O)c4ncccc34)cn2)cc1. The van der Waals surface area contributed by atoms with Crippen molar-refractivity contribution in [2.45, 2.75) is 6.54 Å². The van der Waals surface area contributed by atoms with Gasteiger partial charge in [-0.15, -0.1) is 4.73 Å². The zero-order valence-electron chi connectivity index (χ0n) is 16.1. The number of benzene rings is 1. The summed E-state index contributed by atoms with van der Waals surface area (Å²) in [5.41, 5.74) is 3.11. The van der Waals surface area contributed by atoms with E-state index in [1.165, 1.54) is 11.8 Å². The zero-order chi connectivity index (χ0) is 20.4. The van der Waals surface area contributed by atoms with Gasteiger partial charge in [0.2, 0.25) is 0 Å². The first-order valence-electron chi connectivity index (χ1n) is 9.05. The van der Waals surface area contributed by atoms with E-state index in [4.69, 9.17) is 0 Å². The maximum absolute atomic E-state index is 11.9. The molecule has 0 spiro atoms. The van der Waals surface area contributed by atoms with Gasteiger partial charge in [0.15, 0.2) is 5.65 Å². The Bertz CT molecular complexity index is 1200. The quantitative estimate of drug-likeness (QED) is 0.508. The van der Waals surface area contributed by atoms with Crippen LogP contribution in [0.3, 0.4) is 0 Å². The van der Waals surface area contributed by atoms with Gasteiger partial charge in [0, 0.05) is 18.3 Å². The Labute approximate surface area is 167 Å². The Morgan fingerprint density at radius 3 is 2.55 bits per heavy atom. The summed E-state index contributed by atoms with van der Waals surface area (Å²) < 4.78 is 0.432. The maximum Gasteiger partial charge on any atom is 0.384 e. The highest BCUT2D eigenvalue weighted by molar-refractivity contribution is 5.88. The molecule has 3 aromatic heterocycles. The molecule has 0 aliphatic rings. The van der Waals surface area contributed by atoms with Crippen molar-refractivity contribution in [3.63, 3.8) is 0 Å². The van der Waals surface area contributed by atoms with Crippen molar-refractivity contribution in [3.05, 3.63) is 77.0 Å². The Morgan fingerprint density at radius 1 is 1.07 bits per heavy atom. The summed E-state index contributed by atoms with van der Waals surface area (Å²) in [5, 5.41) is 13.4. The molecular formula is C21H20N6O2. The molecule has 0 saturated carbocycles. The standard InChI is InChI=1S/C21H20N6O2/c1-26(2)13-14-5-7-15(8-6-14)18-10-9-16(12-23-18)24-19-17-4-3-11-22-20(17)27(29)21(28)25-19/h3-12,29H,13H2,1-2H3,(H,24,25,28). The fourth-order valence-electron chi connectivity index (χ4n) is 3.06. The lowest BCUT2D eigenvalue weighted by Crippen LogP contribution is -2.23. The summed E-state index contributed by atoms with van der Waals surface area (Å²) in [7, 11) is 4.08. The third kappa shape index (κ3) is 3.92. The third-order valence-electron chi connectivity index (χ3n) is 4.41. The molecule has 4 aromatic rings. The topological polar surface area (TPSA) is 96.2 Å². The number of pyridine rings is 2. The van der Waals surface area contributed by atoms with Gasteiger partial charge in [-0.2, -0.15) is 4.98 Å². The van der Waals surface area contributed by atoms with Crippen molar-refractivity contribution >= 4 is 22.5 Å². The molecule has 0 bridgehead atoms. The van der Waals surface area contributed by atoms with Gasteiger partial charge in [-0.05, 0) is 43.9 Å². The second kappa shape index (κ2) is 7.69. The van der Waals surface area contributed by atoms with E-state index in [1.54, 1.807) is 18.3 Å². The van der Waals surface area contributed by atoms with E-state index in [2.05, 4.69) is 49.4 Å². The number of fused-ring (bicyclic) bond motifs is 1. The van der Waals surface area contributed by atoms with Gasteiger partial charge in [0.1, 0.15) is 5.82 Å². The minimum Gasteiger partial charge on any atom is -0.422 e. The first-order chi connectivity index (χ1) is 14.0. The number of nitrogens with zero attached hydrogens (tertiary/aromatic N) is 5. The van der Waals surface area contributed by atoms with Crippen LogP contribution in [0.5, 0.6) is 0 Å². The van der Waals surface area contributed by atoms with Crippen molar-refractivity contribution in [2.24, 2.45) is 0 Å². The number of hydrogen-bond donors (Lipinski definition) is 2. The molecule has 0 atom stereocenters. The van der Waals surface area contributed by atoms with Crippen LogP contribution < -0.4 is 11.0 Å². The Morgan fingerprint density at radius 2 is 1.86 bits per heavy atom. The number of anilines is 2. The van der Waals surface area contributed by atoms with Gasteiger partial charge in [-0.3, -0.25) is 4.98 Å². The summed E-state index contributed by atoms with van der Waals surface area (Å²) in [6.07, 6.45) is 3.18. The number of rotatable bonds is 5. The lowest BCUT2D eigenvalue weighted by Gasteiger charge is -2.11. The summed E-state index contributed by atoms with van der Waals surface area (Å²) in [6, 6.07) is 15.5. The molecule has 0 saturated heterocycles. The fourth-order valence-corrected chi connectivity index (χ4v) is 3.06. The molecule has 3 heterocycles. The molecule has 0 amide bonds. The molecule has 146 valence electrons. The molecule has 0 radical (unpaired) electrons. The minimum atomic E-state index is -0.805. The third-order valence-corrected chi connectivity index (χ3v) is 4.41. The average Bonchev–Trinajstić information content (AvgIpc) is 2.73. The van der Waals surface area contributed by atoms with Crippen molar-refractivity contribution in [2.75, 3.05) is 19.4 Å². The van der Waals surface area contributed by atoms with Crippen LogP contribution in [0.25, 0.3) is 22.3 Å². The largest absolute Gasteiger partial charge is 0.422 e. The van der Waals surface area contributed by atoms with E-state index in [0.29, 0.717) is 21.6 Å². The molecule has 0 aliphatic carbocycles. The summed E-state index contributed by atoms with van der Waals surface area (Å²) in [5.74, 6) is 0.311. The van der Waals surface area contributed by atoms with Crippen LogP contribution in [0, 0.1) is 0 Å². The number of aromatic nitrogens is 4.